The summed E-state index contributed by atoms with van der Waals surface area (Å²) in [4.78, 5) is 30.5. The molecule has 0 bridgehead atoms. The van der Waals surface area contributed by atoms with Gasteiger partial charge >= 0.3 is 0 Å². The van der Waals surface area contributed by atoms with Crippen molar-refractivity contribution in [3.8, 4) is 5.75 Å². The van der Waals surface area contributed by atoms with Crippen molar-refractivity contribution < 1.29 is 19.1 Å². The van der Waals surface area contributed by atoms with E-state index in [9.17, 15) is 9.59 Å². The van der Waals surface area contributed by atoms with Gasteiger partial charge in [-0.3, -0.25) is 14.5 Å². The van der Waals surface area contributed by atoms with Crippen molar-refractivity contribution in [1.29, 1.82) is 0 Å². The van der Waals surface area contributed by atoms with Gasteiger partial charge < -0.3 is 14.4 Å². The summed E-state index contributed by atoms with van der Waals surface area (Å²) < 4.78 is 11.6. The molecule has 6 heteroatoms. The highest BCUT2D eigenvalue weighted by Gasteiger charge is 2.54. The van der Waals surface area contributed by atoms with Crippen molar-refractivity contribution in [2.75, 3.05) is 26.8 Å². The first-order valence-electron chi connectivity index (χ1n) is 10.1. The molecule has 3 aliphatic rings. The summed E-state index contributed by atoms with van der Waals surface area (Å²) in [7, 11) is 1.57. The predicted molar refractivity (Wildman–Crippen MR) is 101 cm³/mol. The van der Waals surface area contributed by atoms with Crippen molar-refractivity contribution in [1.82, 2.24) is 9.80 Å². The van der Waals surface area contributed by atoms with Crippen LogP contribution in [-0.2, 0) is 9.53 Å². The van der Waals surface area contributed by atoms with Crippen LogP contribution in [0.2, 0.25) is 0 Å². The maximum absolute atomic E-state index is 13.6. The number of amides is 2. The van der Waals surface area contributed by atoms with Gasteiger partial charge in [-0.05, 0) is 50.7 Å². The molecule has 4 rings (SSSR count). The number of carbonyl (C=O) groups is 2. The quantitative estimate of drug-likeness (QED) is 0.819. The SMILES string of the molecule is COc1ccccc1C(=O)N1[C@H](C(=O)N2CCCC2)COC12CCCCC2. The molecule has 0 aromatic heterocycles. The molecule has 1 aromatic carbocycles. The molecule has 0 unspecified atom stereocenters. The summed E-state index contributed by atoms with van der Waals surface area (Å²) in [6.07, 6.45) is 6.82. The maximum Gasteiger partial charge on any atom is 0.260 e. The molecule has 27 heavy (non-hydrogen) atoms. The lowest BCUT2D eigenvalue weighted by atomic mass is 9.89. The molecule has 1 atom stereocenters. The fourth-order valence-corrected chi connectivity index (χ4v) is 4.76. The molecule has 1 aliphatic carbocycles. The largest absolute Gasteiger partial charge is 0.496 e. The van der Waals surface area contributed by atoms with Crippen LogP contribution in [0.4, 0.5) is 0 Å². The van der Waals surface area contributed by atoms with Crippen LogP contribution in [0.25, 0.3) is 0 Å². The number of hydrogen-bond acceptors (Lipinski definition) is 4. The van der Waals surface area contributed by atoms with E-state index in [1.807, 2.05) is 17.0 Å². The normalized spacial score (nSPS) is 24.4. The Balaban J connectivity index is 1.70. The zero-order valence-electron chi connectivity index (χ0n) is 16.0. The number of ether oxygens (including phenoxy) is 2. The smallest absolute Gasteiger partial charge is 0.260 e. The van der Waals surface area contributed by atoms with Crippen LogP contribution in [0.1, 0.15) is 55.3 Å². The van der Waals surface area contributed by atoms with Gasteiger partial charge in [0.2, 0.25) is 5.91 Å². The van der Waals surface area contributed by atoms with Crippen LogP contribution < -0.4 is 4.74 Å². The van der Waals surface area contributed by atoms with Crippen LogP contribution >= 0.6 is 0 Å². The Morgan fingerprint density at radius 1 is 1.07 bits per heavy atom. The number of para-hydroxylation sites is 1. The molecule has 1 saturated carbocycles. The number of benzene rings is 1. The summed E-state index contributed by atoms with van der Waals surface area (Å²) in [6, 6.07) is 6.69. The van der Waals surface area contributed by atoms with Crippen molar-refractivity contribution in [2.45, 2.75) is 56.7 Å². The van der Waals surface area contributed by atoms with Crippen molar-refractivity contribution in [3.63, 3.8) is 0 Å². The number of hydrogen-bond donors (Lipinski definition) is 0. The van der Waals surface area contributed by atoms with Crippen LogP contribution in [0.5, 0.6) is 5.75 Å². The minimum absolute atomic E-state index is 0.0261. The standard InChI is InChI=1S/C21H28N2O4/c1-26-18-10-4-3-9-16(18)19(24)23-17(20(25)22-13-7-8-14-22)15-27-21(23)11-5-2-6-12-21/h3-4,9-10,17H,2,5-8,11-15H2,1H3/t17-/m0/s1. The van der Waals surface area contributed by atoms with Crippen LogP contribution in [0, 0.1) is 0 Å². The Bertz CT molecular complexity index is 708. The molecule has 2 heterocycles. The fraction of sp³-hybridized carbons (Fsp3) is 0.619. The van der Waals surface area contributed by atoms with Crippen molar-refractivity contribution in [2.24, 2.45) is 0 Å². The number of carbonyl (C=O) groups excluding carboxylic acids is 2. The molecular weight excluding hydrogens is 344 g/mol. The predicted octanol–water partition coefficient (Wildman–Crippen LogP) is 2.82. The molecule has 6 nitrogen and oxygen atoms in total. The summed E-state index contributed by atoms with van der Waals surface area (Å²) in [5.74, 6) is 0.398. The highest BCUT2D eigenvalue weighted by Crippen LogP contribution is 2.42. The molecule has 0 radical (unpaired) electrons. The zero-order valence-corrected chi connectivity index (χ0v) is 16.0. The number of methoxy groups -OCH3 is 1. The van der Waals surface area contributed by atoms with Crippen LogP contribution in [-0.4, -0.2) is 60.2 Å². The van der Waals surface area contributed by atoms with Gasteiger partial charge in [0.1, 0.15) is 17.5 Å². The highest BCUT2D eigenvalue weighted by atomic mass is 16.5. The average molecular weight is 372 g/mol. The second-order valence-electron chi connectivity index (χ2n) is 7.74. The summed E-state index contributed by atoms with van der Waals surface area (Å²) in [5, 5.41) is 0. The third-order valence-electron chi connectivity index (χ3n) is 6.15. The van der Waals surface area contributed by atoms with E-state index >= 15 is 0 Å². The Morgan fingerprint density at radius 2 is 1.78 bits per heavy atom. The summed E-state index contributed by atoms with van der Waals surface area (Å²) in [5.41, 5.74) is -0.161. The molecule has 1 spiro atoms. The second-order valence-corrected chi connectivity index (χ2v) is 7.74. The lowest BCUT2D eigenvalue weighted by Crippen LogP contribution is -2.56. The van der Waals surface area contributed by atoms with E-state index in [-0.39, 0.29) is 18.4 Å². The fourth-order valence-electron chi connectivity index (χ4n) is 4.76. The highest BCUT2D eigenvalue weighted by molar-refractivity contribution is 6.00. The topological polar surface area (TPSA) is 59.1 Å². The van der Waals surface area contributed by atoms with Gasteiger partial charge in [0, 0.05) is 13.1 Å². The van der Waals surface area contributed by atoms with Gasteiger partial charge in [-0.2, -0.15) is 0 Å². The third-order valence-corrected chi connectivity index (χ3v) is 6.15. The van der Waals surface area contributed by atoms with E-state index in [4.69, 9.17) is 9.47 Å². The summed E-state index contributed by atoms with van der Waals surface area (Å²) >= 11 is 0. The third kappa shape index (κ3) is 3.20. The number of likely N-dealkylation sites (tertiary alicyclic amines) is 1. The van der Waals surface area contributed by atoms with E-state index in [1.54, 1.807) is 24.1 Å². The van der Waals surface area contributed by atoms with Gasteiger partial charge in [0.15, 0.2) is 0 Å². The van der Waals surface area contributed by atoms with Crippen LogP contribution in [0.3, 0.4) is 0 Å². The molecule has 1 aromatic rings. The summed E-state index contributed by atoms with van der Waals surface area (Å²) in [6.45, 7) is 1.84. The Hall–Kier alpha value is -2.08. The first-order valence-corrected chi connectivity index (χ1v) is 10.1. The Labute approximate surface area is 160 Å². The van der Waals surface area contributed by atoms with Crippen molar-refractivity contribution in [3.05, 3.63) is 29.8 Å². The van der Waals surface area contributed by atoms with Crippen molar-refractivity contribution >= 4 is 11.8 Å². The monoisotopic (exact) mass is 372 g/mol. The molecule has 2 saturated heterocycles. The molecule has 146 valence electrons. The van der Waals surface area contributed by atoms with Gasteiger partial charge in [-0.1, -0.05) is 18.6 Å². The Morgan fingerprint density at radius 3 is 2.48 bits per heavy atom. The number of rotatable bonds is 3. The van der Waals surface area contributed by atoms with E-state index in [0.717, 1.165) is 58.0 Å². The second kappa shape index (κ2) is 7.50. The first-order chi connectivity index (χ1) is 13.2. The zero-order chi connectivity index (χ0) is 18.9. The van der Waals surface area contributed by atoms with Crippen LogP contribution in [0.15, 0.2) is 24.3 Å². The minimum Gasteiger partial charge on any atom is -0.496 e. The molecule has 2 aliphatic heterocycles. The lowest BCUT2D eigenvalue weighted by molar-refractivity contribution is -0.136. The minimum atomic E-state index is -0.657. The lowest BCUT2D eigenvalue weighted by Gasteiger charge is -2.42. The average Bonchev–Trinajstić information content (AvgIpc) is 3.36. The van der Waals surface area contributed by atoms with E-state index in [1.165, 1.54) is 0 Å². The molecule has 2 amide bonds. The Kier molecular flexibility index (Phi) is 5.08. The van der Waals surface area contributed by atoms with Gasteiger partial charge in [-0.25, -0.2) is 0 Å². The van der Waals surface area contributed by atoms with Gasteiger partial charge in [0.05, 0.1) is 19.3 Å². The molecular formula is C21H28N2O4. The first kappa shape index (κ1) is 18.3. The maximum atomic E-state index is 13.6. The van der Waals surface area contributed by atoms with E-state index < -0.39 is 11.8 Å². The molecule has 0 N–H and O–H groups in total. The number of nitrogens with zero attached hydrogens (tertiary/aromatic N) is 2. The van der Waals surface area contributed by atoms with Gasteiger partial charge in [-0.15, -0.1) is 0 Å². The van der Waals surface area contributed by atoms with E-state index in [0.29, 0.717) is 11.3 Å². The van der Waals surface area contributed by atoms with E-state index in [2.05, 4.69) is 0 Å². The van der Waals surface area contributed by atoms with Gasteiger partial charge in [0.25, 0.3) is 5.91 Å². The molecule has 3 fully saturated rings.